The van der Waals surface area contributed by atoms with E-state index in [4.69, 9.17) is 9.73 Å². The molecule has 0 fully saturated rings. The number of hydrogen-bond donors (Lipinski definition) is 1. The zero-order valence-electron chi connectivity index (χ0n) is 8.15. The van der Waals surface area contributed by atoms with Gasteiger partial charge in [0, 0.05) is 11.8 Å². The molecule has 0 saturated heterocycles. The molecule has 0 amide bonds. The lowest BCUT2D eigenvalue weighted by molar-refractivity contribution is 0.100. The van der Waals surface area contributed by atoms with Gasteiger partial charge in [-0.15, -0.1) is 0 Å². The molecule has 4 nitrogen and oxygen atoms in total. The molecule has 0 aromatic heterocycles. The number of rotatable bonds is 2. The minimum Gasteiger partial charge on any atom is -0.387 e. The molecule has 0 bridgehead atoms. The first-order valence-corrected chi connectivity index (χ1v) is 5.66. The summed E-state index contributed by atoms with van der Waals surface area (Å²) >= 11 is 0. The maximum atomic E-state index is 10.5. The molecule has 2 unspecified atom stereocenters. The zero-order valence-corrected chi connectivity index (χ0v) is 9.04. The molecular weight excluding hydrogens is 189 g/mol. The predicted octanol–water partition coefficient (Wildman–Crippen LogP) is 1.91. The molecular formula is C8H15NO3P+. The first-order valence-electron chi connectivity index (χ1n) is 4.26. The van der Waals surface area contributed by atoms with E-state index in [1.54, 1.807) is 0 Å². The monoisotopic (exact) mass is 204 g/mol. The highest BCUT2D eigenvalue weighted by Gasteiger charge is 2.33. The second kappa shape index (κ2) is 3.72. The molecule has 1 rings (SSSR count). The molecule has 1 N–H and O–H groups in total. The molecule has 0 aliphatic carbocycles. The van der Waals surface area contributed by atoms with Crippen molar-refractivity contribution < 1.29 is 14.3 Å². The quantitative estimate of drug-likeness (QED) is 0.699. The molecule has 0 aromatic carbocycles. The van der Waals surface area contributed by atoms with Gasteiger partial charge in [0.05, 0.1) is 5.71 Å². The normalized spacial score (nSPS) is 23.8. The Morgan fingerprint density at radius 1 is 1.69 bits per heavy atom. The van der Waals surface area contributed by atoms with Crippen molar-refractivity contribution in [1.29, 1.82) is 0 Å². The van der Waals surface area contributed by atoms with Gasteiger partial charge in [0.2, 0.25) is 6.16 Å². The van der Waals surface area contributed by atoms with Crippen molar-refractivity contribution >= 4 is 13.7 Å². The van der Waals surface area contributed by atoms with Gasteiger partial charge in [-0.1, -0.05) is 25.9 Å². The van der Waals surface area contributed by atoms with Crippen molar-refractivity contribution in [3.8, 4) is 0 Å². The molecule has 5 heteroatoms. The standard InChI is InChI=1S/C8H14NO3P/c1-8(2,3)7-4-6(12-9-7)5-13(10)11/h6H,4-5H2,1-3H3/p+1. The molecule has 0 radical (unpaired) electrons. The van der Waals surface area contributed by atoms with Crippen molar-refractivity contribution in [1.82, 2.24) is 0 Å². The summed E-state index contributed by atoms with van der Waals surface area (Å²) < 4.78 is 10.5. The van der Waals surface area contributed by atoms with Crippen molar-refractivity contribution in [3.05, 3.63) is 0 Å². The summed E-state index contributed by atoms with van der Waals surface area (Å²) in [6.45, 7) is 6.16. The van der Waals surface area contributed by atoms with E-state index in [0.29, 0.717) is 6.42 Å². The lowest BCUT2D eigenvalue weighted by Crippen LogP contribution is -2.21. The minimum atomic E-state index is -2.11. The number of hydrogen-bond acceptors (Lipinski definition) is 3. The van der Waals surface area contributed by atoms with Crippen LogP contribution in [0.4, 0.5) is 0 Å². The van der Waals surface area contributed by atoms with Crippen molar-refractivity contribution in [3.63, 3.8) is 0 Å². The lowest BCUT2D eigenvalue weighted by Gasteiger charge is -2.15. The third-order valence-corrected chi connectivity index (χ3v) is 2.68. The Bertz CT molecular complexity index is 244. The van der Waals surface area contributed by atoms with Crippen LogP contribution in [0.2, 0.25) is 0 Å². The van der Waals surface area contributed by atoms with Gasteiger partial charge in [-0.2, -0.15) is 4.89 Å². The summed E-state index contributed by atoms with van der Waals surface area (Å²) in [5.41, 5.74) is 0.963. The topological polar surface area (TPSA) is 58.9 Å². The van der Waals surface area contributed by atoms with Crippen LogP contribution in [0, 0.1) is 5.41 Å². The van der Waals surface area contributed by atoms with Crippen LogP contribution < -0.4 is 0 Å². The van der Waals surface area contributed by atoms with Crippen LogP contribution in [0.5, 0.6) is 0 Å². The lowest BCUT2D eigenvalue weighted by atomic mass is 9.87. The zero-order chi connectivity index (χ0) is 10.1. The van der Waals surface area contributed by atoms with Crippen LogP contribution in [0.25, 0.3) is 0 Å². The van der Waals surface area contributed by atoms with Crippen LogP contribution in [0.1, 0.15) is 27.2 Å². The summed E-state index contributed by atoms with van der Waals surface area (Å²) in [6.07, 6.45) is 0.645. The summed E-state index contributed by atoms with van der Waals surface area (Å²) in [4.78, 5) is 13.7. The first-order chi connectivity index (χ1) is 5.89. The van der Waals surface area contributed by atoms with Gasteiger partial charge in [0.1, 0.15) is 0 Å². The summed E-state index contributed by atoms with van der Waals surface area (Å²) in [5, 5.41) is 3.92. The van der Waals surface area contributed by atoms with E-state index in [1.807, 2.05) is 0 Å². The molecule has 0 saturated carbocycles. The Kier molecular flexibility index (Phi) is 3.04. The Morgan fingerprint density at radius 3 is 2.69 bits per heavy atom. The minimum absolute atomic E-state index is 0.00412. The van der Waals surface area contributed by atoms with Crippen molar-refractivity contribution in [2.75, 3.05) is 6.16 Å². The van der Waals surface area contributed by atoms with Crippen LogP contribution in [-0.4, -0.2) is 22.9 Å². The first kappa shape index (κ1) is 10.6. The second-order valence-corrected chi connectivity index (χ2v) is 5.32. The fourth-order valence-corrected chi connectivity index (χ4v) is 1.69. The SMILES string of the molecule is CC(C)(C)C1=NOC(C[P+](=O)O)C1. The number of nitrogens with zero attached hydrogens (tertiary/aromatic N) is 1. The number of oxime groups is 1. The molecule has 2 atom stereocenters. The predicted molar refractivity (Wildman–Crippen MR) is 51.1 cm³/mol. The van der Waals surface area contributed by atoms with E-state index in [0.717, 1.165) is 5.71 Å². The van der Waals surface area contributed by atoms with E-state index in [1.165, 1.54) is 0 Å². The van der Waals surface area contributed by atoms with Gasteiger partial charge >= 0.3 is 8.03 Å². The molecule has 0 aromatic rings. The highest BCUT2D eigenvalue weighted by Crippen LogP contribution is 2.28. The average molecular weight is 204 g/mol. The van der Waals surface area contributed by atoms with E-state index in [-0.39, 0.29) is 17.7 Å². The molecule has 1 aliphatic heterocycles. The van der Waals surface area contributed by atoms with Gasteiger partial charge in [0.25, 0.3) is 0 Å². The van der Waals surface area contributed by atoms with Crippen molar-refractivity contribution in [2.24, 2.45) is 10.6 Å². The van der Waals surface area contributed by atoms with Crippen LogP contribution >= 0.6 is 8.03 Å². The van der Waals surface area contributed by atoms with Gasteiger partial charge in [0.15, 0.2) is 6.10 Å². The van der Waals surface area contributed by atoms with Gasteiger partial charge in [-0.05, 0) is 4.57 Å². The Labute approximate surface area is 78.8 Å². The molecule has 13 heavy (non-hydrogen) atoms. The average Bonchev–Trinajstić information content (AvgIpc) is 2.32. The van der Waals surface area contributed by atoms with E-state index in [2.05, 4.69) is 25.9 Å². The molecule has 0 spiro atoms. The Hall–Kier alpha value is -0.470. The van der Waals surface area contributed by atoms with E-state index >= 15 is 0 Å². The van der Waals surface area contributed by atoms with Crippen LogP contribution in [0.3, 0.4) is 0 Å². The Balaban J connectivity index is 2.47. The fraction of sp³-hybridized carbons (Fsp3) is 0.875. The second-order valence-electron chi connectivity index (χ2n) is 4.25. The molecule has 1 aliphatic rings. The van der Waals surface area contributed by atoms with E-state index < -0.39 is 8.03 Å². The molecule has 74 valence electrons. The summed E-state index contributed by atoms with van der Waals surface area (Å²) in [6, 6.07) is 0. The maximum absolute atomic E-state index is 10.5. The van der Waals surface area contributed by atoms with Gasteiger partial charge in [-0.3, -0.25) is 0 Å². The fourth-order valence-electron chi connectivity index (χ4n) is 1.14. The Morgan fingerprint density at radius 2 is 2.31 bits per heavy atom. The third-order valence-electron chi connectivity index (χ3n) is 1.96. The highest BCUT2D eigenvalue weighted by atomic mass is 31.1. The third kappa shape index (κ3) is 3.05. The van der Waals surface area contributed by atoms with E-state index in [9.17, 15) is 4.57 Å². The highest BCUT2D eigenvalue weighted by molar-refractivity contribution is 7.38. The largest absolute Gasteiger partial charge is 0.509 e. The van der Waals surface area contributed by atoms with Crippen LogP contribution in [-0.2, 0) is 9.40 Å². The molecule has 1 heterocycles. The van der Waals surface area contributed by atoms with Gasteiger partial charge < -0.3 is 4.84 Å². The van der Waals surface area contributed by atoms with Crippen molar-refractivity contribution in [2.45, 2.75) is 33.3 Å². The smallest absolute Gasteiger partial charge is 0.387 e. The summed E-state index contributed by atoms with van der Waals surface area (Å²) in [7, 11) is -2.11. The van der Waals surface area contributed by atoms with Gasteiger partial charge in [-0.25, -0.2) is 0 Å². The van der Waals surface area contributed by atoms with Crippen LogP contribution in [0.15, 0.2) is 5.16 Å². The summed E-state index contributed by atoms with van der Waals surface area (Å²) in [5.74, 6) is 0. The maximum Gasteiger partial charge on any atom is 0.509 e.